The van der Waals surface area contributed by atoms with Crippen molar-refractivity contribution in [1.29, 1.82) is 0 Å². The van der Waals surface area contributed by atoms with Crippen molar-refractivity contribution in [3.63, 3.8) is 0 Å². The predicted molar refractivity (Wildman–Crippen MR) is 167 cm³/mol. The molecule has 1 aliphatic carbocycles. The number of aromatic amines is 1. The highest BCUT2D eigenvalue weighted by molar-refractivity contribution is 6.42. The summed E-state index contributed by atoms with van der Waals surface area (Å²) in [4.78, 5) is 15.5. The number of amides is 2. The number of carbonyl (C=O) groups excluding carboxylic acids is 1. The number of hydrogen-bond donors (Lipinski definition) is 3. The highest BCUT2D eigenvalue weighted by atomic mass is 16.2. The second kappa shape index (κ2) is 12.2. The smallest absolute Gasteiger partial charge is 0.323 e. The first-order chi connectivity index (χ1) is 19.7. The van der Waals surface area contributed by atoms with Gasteiger partial charge in [0.05, 0.1) is 27.1 Å². The Bertz CT molecular complexity index is 1470. The van der Waals surface area contributed by atoms with Crippen molar-refractivity contribution in [1.82, 2.24) is 20.6 Å². The minimum Gasteiger partial charge on any atom is -0.378 e. The minimum absolute atomic E-state index is 0.0442. The Labute approximate surface area is 244 Å². The number of urea groups is 1. The molecule has 41 heavy (non-hydrogen) atoms. The molecule has 0 unspecified atom stereocenters. The maximum atomic E-state index is 13.4. The van der Waals surface area contributed by atoms with Crippen LogP contribution in [0.4, 0.5) is 21.9 Å². The van der Waals surface area contributed by atoms with Crippen molar-refractivity contribution in [2.24, 2.45) is 5.92 Å². The SMILES string of the molecule is [B]C([B])(C(C)C)N(c1ccc(-c2ccccc2-c2nn[nH]n2)cc1NC(=O)Nc1ccc(C)cc1)C1CCCCC1. The van der Waals surface area contributed by atoms with Crippen LogP contribution in [-0.4, -0.2) is 53.7 Å². The lowest BCUT2D eigenvalue weighted by atomic mass is 9.54. The molecule has 3 aromatic carbocycles. The van der Waals surface area contributed by atoms with Crippen molar-refractivity contribution in [2.75, 3.05) is 15.5 Å². The molecule has 1 aliphatic rings. The second-order valence-corrected chi connectivity index (χ2v) is 11.2. The molecule has 5 rings (SSSR count). The standard InChI is InChI=1S/C31H35B2N7O/c1-20(2)31(32,33)40(24-9-5-4-6-10-24)28-18-15-22(25-11-7-8-12-26(25)29-36-38-39-37-29)19-27(28)35-30(41)34-23-16-13-21(3)14-17-23/h7-8,11-20,24H,4-6,9-10H2,1-3H3,(H2,34,35,41)(H,36,37,38,39). The van der Waals surface area contributed by atoms with Crippen LogP contribution in [0.5, 0.6) is 0 Å². The molecule has 0 atom stereocenters. The number of aryl methyl sites for hydroxylation is 1. The molecule has 4 radical (unpaired) electrons. The molecule has 1 aromatic heterocycles. The maximum Gasteiger partial charge on any atom is 0.323 e. The summed E-state index contributed by atoms with van der Waals surface area (Å²) in [6, 6.07) is 21.3. The first-order valence-corrected chi connectivity index (χ1v) is 14.2. The molecule has 1 fully saturated rings. The topological polar surface area (TPSA) is 98.8 Å². The molecule has 0 aliphatic heterocycles. The molecule has 3 N–H and O–H groups in total. The number of H-pyrrole nitrogens is 1. The van der Waals surface area contributed by atoms with Gasteiger partial charge < -0.3 is 15.5 Å². The number of tetrazole rings is 1. The van der Waals surface area contributed by atoms with E-state index in [1.54, 1.807) is 0 Å². The Kier molecular flexibility index (Phi) is 8.47. The Morgan fingerprint density at radius 2 is 1.68 bits per heavy atom. The normalized spacial score (nSPS) is 14.1. The van der Waals surface area contributed by atoms with E-state index in [0.717, 1.165) is 53.6 Å². The average molecular weight is 543 g/mol. The van der Waals surface area contributed by atoms with Gasteiger partial charge in [-0.3, -0.25) is 0 Å². The van der Waals surface area contributed by atoms with Gasteiger partial charge in [0.2, 0.25) is 5.82 Å². The van der Waals surface area contributed by atoms with E-state index in [1.165, 1.54) is 6.42 Å². The van der Waals surface area contributed by atoms with Crippen molar-refractivity contribution < 1.29 is 4.79 Å². The molecule has 0 bridgehead atoms. The molecule has 1 heterocycles. The quantitative estimate of drug-likeness (QED) is 0.228. The molecule has 1 saturated carbocycles. The third-order valence-corrected chi connectivity index (χ3v) is 7.92. The fourth-order valence-electron chi connectivity index (χ4n) is 5.48. The Morgan fingerprint density at radius 3 is 2.34 bits per heavy atom. The van der Waals surface area contributed by atoms with Gasteiger partial charge in [-0.2, -0.15) is 5.21 Å². The number of rotatable bonds is 8. The van der Waals surface area contributed by atoms with E-state index in [0.29, 0.717) is 17.2 Å². The van der Waals surface area contributed by atoms with Crippen LogP contribution < -0.4 is 15.5 Å². The summed E-state index contributed by atoms with van der Waals surface area (Å²) in [5.41, 5.74) is 5.83. The van der Waals surface area contributed by atoms with Gasteiger partial charge >= 0.3 is 6.03 Å². The van der Waals surface area contributed by atoms with E-state index >= 15 is 0 Å². The number of carbonyl (C=O) groups is 1. The van der Waals surface area contributed by atoms with Gasteiger partial charge in [-0.1, -0.05) is 81.1 Å². The summed E-state index contributed by atoms with van der Waals surface area (Å²) in [7, 11) is 13.8. The number of benzene rings is 3. The highest BCUT2D eigenvalue weighted by Crippen LogP contribution is 2.41. The van der Waals surface area contributed by atoms with Crippen LogP contribution >= 0.6 is 0 Å². The summed E-state index contributed by atoms with van der Waals surface area (Å²) in [5, 5.41) is 19.6. The van der Waals surface area contributed by atoms with Gasteiger partial charge in [-0.15, -0.1) is 10.2 Å². The minimum atomic E-state index is -1.13. The lowest BCUT2D eigenvalue weighted by molar-refractivity contribution is 0.262. The Morgan fingerprint density at radius 1 is 0.976 bits per heavy atom. The van der Waals surface area contributed by atoms with E-state index in [2.05, 4.69) is 36.2 Å². The summed E-state index contributed by atoms with van der Waals surface area (Å²) < 4.78 is 0. The van der Waals surface area contributed by atoms with Crippen molar-refractivity contribution in [2.45, 2.75) is 64.3 Å². The third-order valence-electron chi connectivity index (χ3n) is 7.92. The fourth-order valence-corrected chi connectivity index (χ4v) is 5.48. The molecular weight excluding hydrogens is 508 g/mol. The summed E-state index contributed by atoms with van der Waals surface area (Å²) >= 11 is 0. The largest absolute Gasteiger partial charge is 0.378 e. The lowest BCUT2D eigenvalue weighted by Gasteiger charge is -2.51. The van der Waals surface area contributed by atoms with E-state index in [9.17, 15) is 4.79 Å². The number of nitrogens with one attached hydrogen (secondary N) is 3. The molecule has 4 aromatic rings. The van der Waals surface area contributed by atoms with Crippen LogP contribution in [0.15, 0.2) is 66.7 Å². The van der Waals surface area contributed by atoms with Crippen molar-refractivity contribution in [3.05, 3.63) is 72.3 Å². The zero-order valence-corrected chi connectivity index (χ0v) is 23.9. The zero-order chi connectivity index (χ0) is 29.0. The van der Waals surface area contributed by atoms with Crippen LogP contribution in [0, 0.1) is 12.8 Å². The molecule has 10 heteroatoms. The molecule has 8 nitrogen and oxygen atoms in total. The maximum absolute atomic E-state index is 13.4. The van der Waals surface area contributed by atoms with E-state index < -0.39 is 5.34 Å². The molecule has 2 amide bonds. The van der Waals surface area contributed by atoms with Gasteiger partial charge in [0.15, 0.2) is 0 Å². The van der Waals surface area contributed by atoms with Crippen LogP contribution in [0.25, 0.3) is 22.5 Å². The highest BCUT2D eigenvalue weighted by Gasteiger charge is 2.36. The van der Waals surface area contributed by atoms with Crippen LogP contribution in [0.1, 0.15) is 51.5 Å². The fraction of sp³-hybridized carbons (Fsp3) is 0.355. The van der Waals surface area contributed by atoms with Gasteiger partial charge in [0.25, 0.3) is 0 Å². The van der Waals surface area contributed by atoms with Crippen molar-refractivity contribution in [3.8, 4) is 22.5 Å². The number of nitrogens with zero attached hydrogens (tertiary/aromatic N) is 4. The average Bonchev–Trinajstić information content (AvgIpc) is 3.51. The van der Waals surface area contributed by atoms with E-state index in [1.807, 2.05) is 87.5 Å². The van der Waals surface area contributed by atoms with E-state index in [4.69, 9.17) is 15.7 Å². The van der Waals surface area contributed by atoms with Gasteiger partial charge in [0, 0.05) is 17.3 Å². The second-order valence-electron chi connectivity index (χ2n) is 11.2. The molecular formula is C31H35B2N7O. The van der Waals surface area contributed by atoms with Crippen LogP contribution in [0.3, 0.4) is 0 Å². The molecule has 0 spiro atoms. The Balaban J connectivity index is 1.60. The number of aromatic nitrogens is 4. The van der Waals surface area contributed by atoms with Crippen molar-refractivity contribution >= 4 is 38.8 Å². The predicted octanol–water partition coefficient (Wildman–Crippen LogP) is 6.27. The molecule has 206 valence electrons. The number of anilines is 3. The van der Waals surface area contributed by atoms with Crippen LogP contribution in [-0.2, 0) is 0 Å². The van der Waals surface area contributed by atoms with E-state index in [-0.39, 0.29) is 18.0 Å². The van der Waals surface area contributed by atoms with Crippen LogP contribution in [0.2, 0.25) is 0 Å². The lowest BCUT2D eigenvalue weighted by Crippen LogP contribution is -2.59. The number of hydrogen-bond acceptors (Lipinski definition) is 5. The summed E-state index contributed by atoms with van der Waals surface area (Å²) in [5.74, 6) is 0.445. The van der Waals surface area contributed by atoms with Gasteiger partial charge in [-0.05, 0) is 71.6 Å². The Hall–Kier alpha value is -4.07. The third kappa shape index (κ3) is 6.32. The summed E-state index contributed by atoms with van der Waals surface area (Å²) in [6.45, 7) is 6.07. The zero-order valence-electron chi connectivity index (χ0n) is 23.9. The summed E-state index contributed by atoms with van der Waals surface area (Å²) in [6.07, 6.45) is 5.40. The first kappa shape index (κ1) is 28.5. The van der Waals surface area contributed by atoms with Gasteiger partial charge in [-0.25, -0.2) is 4.79 Å². The molecule has 0 saturated heterocycles. The monoisotopic (exact) mass is 543 g/mol. The van der Waals surface area contributed by atoms with Gasteiger partial charge in [0.1, 0.15) is 0 Å². The first-order valence-electron chi connectivity index (χ1n) is 14.2.